The molecule has 0 aliphatic carbocycles. The van der Waals surface area contributed by atoms with Crippen molar-refractivity contribution in [2.24, 2.45) is 5.73 Å². The quantitative estimate of drug-likeness (QED) is 0.638. The molecule has 1 aromatic heterocycles. The topological polar surface area (TPSA) is 59.1 Å². The fourth-order valence-electron chi connectivity index (χ4n) is 0.792. The lowest BCUT2D eigenvalue weighted by Gasteiger charge is -2.21. The molecule has 3 N–H and O–H groups in total. The summed E-state index contributed by atoms with van der Waals surface area (Å²) in [7, 11) is 0. The molecule has 0 aromatic carbocycles. The maximum Gasteiger partial charge on any atom is 0.0651 e. The Kier molecular flexibility index (Phi) is 2.22. The molecule has 3 nitrogen and oxygen atoms in total. The van der Waals surface area contributed by atoms with Crippen LogP contribution in [0.25, 0.3) is 0 Å². The van der Waals surface area contributed by atoms with Crippen molar-refractivity contribution in [3.63, 3.8) is 0 Å². The van der Waals surface area contributed by atoms with Gasteiger partial charge in [0.15, 0.2) is 0 Å². The molecule has 0 fully saturated rings. The van der Waals surface area contributed by atoms with E-state index in [1.807, 2.05) is 6.07 Å². The van der Waals surface area contributed by atoms with Crippen LogP contribution in [0.1, 0.15) is 12.5 Å². The first-order chi connectivity index (χ1) is 5.17. The number of pyridine rings is 1. The van der Waals surface area contributed by atoms with Crippen molar-refractivity contribution in [3.05, 3.63) is 30.1 Å². The summed E-state index contributed by atoms with van der Waals surface area (Å²) in [5, 5.41) is 8.89. The molecule has 1 heterocycles. The fraction of sp³-hybridized carbons (Fsp3) is 0.375. The highest BCUT2D eigenvalue weighted by Crippen LogP contribution is 2.14. The first-order valence-electron chi connectivity index (χ1n) is 3.47. The van der Waals surface area contributed by atoms with Gasteiger partial charge in [-0.1, -0.05) is 6.07 Å². The number of rotatable bonds is 2. The summed E-state index contributed by atoms with van der Waals surface area (Å²) >= 11 is 0. The predicted molar refractivity (Wildman–Crippen MR) is 42.9 cm³/mol. The molecule has 60 valence electrons. The van der Waals surface area contributed by atoms with Gasteiger partial charge in [-0.3, -0.25) is 4.98 Å². The van der Waals surface area contributed by atoms with Gasteiger partial charge in [0.1, 0.15) is 0 Å². The summed E-state index contributed by atoms with van der Waals surface area (Å²) in [5.41, 5.74) is 5.92. The first-order valence-corrected chi connectivity index (χ1v) is 3.47. The van der Waals surface area contributed by atoms with E-state index in [1.165, 1.54) is 0 Å². The third-order valence-electron chi connectivity index (χ3n) is 1.65. The minimum Gasteiger partial charge on any atom is -0.394 e. The molecular weight excluding hydrogens is 140 g/mol. The molecule has 1 rings (SSSR count). The Morgan fingerprint density at radius 3 is 2.91 bits per heavy atom. The fourth-order valence-corrected chi connectivity index (χ4v) is 0.792. The van der Waals surface area contributed by atoms with Crippen LogP contribution in [0.2, 0.25) is 0 Å². The van der Waals surface area contributed by atoms with E-state index < -0.39 is 5.54 Å². The monoisotopic (exact) mass is 152 g/mol. The molecule has 11 heavy (non-hydrogen) atoms. The van der Waals surface area contributed by atoms with Gasteiger partial charge in [-0.15, -0.1) is 0 Å². The molecule has 1 unspecified atom stereocenters. The third kappa shape index (κ3) is 1.76. The van der Waals surface area contributed by atoms with Gasteiger partial charge in [-0.25, -0.2) is 0 Å². The highest BCUT2D eigenvalue weighted by atomic mass is 16.3. The Hall–Kier alpha value is -0.930. The van der Waals surface area contributed by atoms with E-state index in [9.17, 15) is 0 Å². The van der Waals surface area contributed by atoms with E-state index in [0.717, 1.165) is 5.56 Å². The summed E-state index contributed by atoms with van der Waals surface area (Å²) in [6, 6.07) is 3.65. The lowest BCUT2D eigenvalue weighted by Crippen LogP contribution is -2.36. The molecule has 3 heteroatoms. The average Bonchev–Trinajstić information content (AvgIpc) is 2.06. The SMILES string of the molecule is CC(N)(CO)c1cccnc1. The van der Waals surface area contributed by atoms with Gasteiger partial charge in [-0.05, 0) is 18.6 Å². The standard InChI is InChI=1S/C8H12N2O/c1-8(9,6-11)7-3-2-4-10-5-7/h2-5,11H,6,9H2,1H3. The zero-order valence-corrected chi connectivity index (χ0v) is 6.49. The number of aromatic nitrogens is 1. The number of nitrogens with zero attached hydrogens (tertiary/aromatic N) is 1. The molecule has 0 bridgehead atoms. The maximum atomic E-state index is 8.89. The average molecular weight is 152 g/mol. The van der Waals surface area contributed by atoms with Gasteiger partial charge in [-0.2, -0.15) is 0 Å². The number of hydrogen-bond donors (Lipinski definition) is 2. The molecule has 0 radical (unpaired) electrons. The molecule has 0 spiro atoms. The lowest BCUT2D eigenvalue weighted by atomic mass is 9.96. The summed E-state index contributed by atoms with van der Waals surface area (Å²) in [5.74, 6) is 0. The Balaban J connectivity index is 2.93. The summed E-state index contributed by atoms with van der Waals surface area (Å²) < 4.78 is 0. The molecule has 0 saturated heterocycles. The first kappa shape index (κ1) is 8.17. The minimum absolute atomic E-state index is 0.0707. The zero-order valence-electron chi connectivity index (χ0n) is 6.49. The molecule has 0 amide bonds. The van der Waals surface area contributed by atoms with E-state index >= 15 is 0 Å². The van der Waals surface area contributed by atoms with Crippen LogP contribution in [0.3, 0.4) is 0 Å². The lowest BCUT2D eigenvalue weighted by molar-refractivity contribution is 0.210. The second-order valence-corrected chi connectivity index (χ2v) is 2.82. The number of hydrogen-bond acceptors (Lipinski definition) is 3. The number of aliphatic hydroxyl groups is 1. The summed E-state index contributed by atoms with van der Waals surface area (Å²) in [4.78, 5) is 3.91. The van der Waals surface area contributed by atoms with Gasteiger partial charge >= 0.3 is 0 Å². The van der Waals surface area contributed by atoms with Gasteiger partial charge in [0.2, 0.25) is 0 Å². The third-order valence-corrected chi connectivity index (χ3v) is 1.65. The Bertz CT molecular complexity index is 221. The van der Waals surface area contributed by atoms with E-state index in [4.69, 9.17) is 10.8 Å². The highest BCUT2D eigenvalue weighted by molar-refractivity contribution is 5.18. The van der Waals surface area contributed by atoms with Crippen molar-refractivity contribution in [1.82, 2.24) is 4.98 Å². The van der Waals surface area contributed by atoms with Crippen LogP contribution in [-0.4, -0.2) is 16.7 Å². The predicted octanol–water partition coefficient (Wildman–Crippen LogP) is 0.248. The molecule has 0 aliphatic rings. The summed E-state index contributed by atoms with van der Waals surface area (Å²) in [6.45, 7) is 1.70. The van der Waals surface area contributed by atoms with Crippen LogP contribution in [0.4, 0.5) is 0 Å². The van der Waals surface area contributed by atoms with Crippen molar-refractivity contribution in [2.75, 3.05) is 6.61 Å². The Morgan fingerprint density at radius 1 is 1.73 bits per heavy atom. The van der Waals surface area contributed by atoms with Gasteiger partial charge in [0.25, 0.3) is 0 Å². The van der Waals surface area contributed by atoms with E-state index in [1.54, 1.807) is 25.4 Å². The van der Waals surface area contributed by atoms with Crippen molar-refractivity contribution in [2.45, 2.75) is 12.5 Å². The van der Waals surface area contributed by atoms with Crippen LogP contribution in [0.5, 0.6) is 0 Å². The van der Waals surface area contributed by atoms with Crippen LogP contribution in [0.15, 0.2) is 24.5 Å². The molecule has 1 aromatic rings. The summed E-state index contributed by atoms with van der Waals surface area (Å²) in [6.07, 6.45) is 3.34. The largest absolute Gasteiger partial charge is 0.394 e. The van der Waals surface area contributed by atoms with Crippen LogP contribution >= 0.6 is 0 Å². The zero-order chi connectivity index (χ0) is 8.32. The van der Waals surface area contributed by atoms with Gasteiger partial charge in [0.05, 0.1) is 12.1 Å². The normalized spacial score (nSPS) is 15.9. The van der Waals surface area contributed by atoms with Crippen molar-refractivity contribution in [1.29, 1.82) is 0 Å². The Morgan fingerprint density at radius 2 is 2.45 bits per heavy atom. The second kappa shape index (κ2) is 2.98. The van der Waals surface area contributed by atoms with Gasteiger partial charge < -0.3 is 10.8 Å². The highest BCUT2D eigenvalue weighted by Gasteiger charge is 2.19. The van der Waals surface area contributed by atoms with Crippen molar-refractivity contribution < 1.29 is 5.11 Å². The van der Waals surface area contributed by atoms with Crippen LogP contribution < -0.4 is 5.73 Å². The van der Waals surface area contributed by atoms with Crippen molar-refractivity contribution >= 4 is 0 Å². The van der Waals surface area contributed by atoms with E-state index in [0.29, 0.717) is 0 Å². The molecular formula is C8H12N2O. The number of nitrogens with two attached hydrogens (primary N) is 1. The number of aliphatic hydroxyl groups excluding tert-OH is 1. The maximum absolute atomic E-state index is 8.89. The molecule has 0 aliphatic heterocycles. The van der Waals surface area contributed by atoms with Gasteiger partial charge in [0, 0.05) is 12.4 Å². The van der Waals surface area contributed by atoms with Crippen LogP contribution in [0, 0.1) is 0 Å². The van der Waals surface area contributed by atoms with E-state index in [2.05, 4.69) is 4.98 Å². The van der Waals surface area contributed by atoms with Crippen molar-refractivity contribution in [3.8, 4) is 0 Å². The second-order valence-electron chi connectivity index (χ2n) is 2.82. The minimum atomic E-state index is -0.672. The molecule has 1 atom stereocenters. The molecule has 0 saturated carbocycles. The Labute approximate surface area is 65.9 Å². The van der Waals surface area contributed by atoms with E-state index in [-0.39, 0.29) is 6.61 Å². The van der Waals surface area contributed by atoms with Crippen LogP contribution in [-0.2, 0) is 5.54 Å². The smallest absolute Gasteiger partial charge is 0.0651 e.